The van der Waals surface area contributed by atoms with Gasteiger partial charge in [-0.2, -0.15) is 0 Å². The van der Waals surface area contributed by atoms with E-state index < -0.39 is 0 Å². The molecule has 0 amide bonds. The molecule has 1 nitrogen and oxygen atoms in total. The highest BCUT2D eigenvalue weighted by Gasteiger charge is 2.37. The quantitative estimate of drug-likeness (QED) is 0.700. The standard InChI is InChI=1S/C12H25NS/c1-5-7-8-9-11-10(6-2)13-12(3,4)14-11/h10-11,13H,5-9H2,1-4H3. The van der Waals surface area contributed by atoms with Crippen LogP contribution in [0.25, 0.3) is 0 Å². The first kappa shape index (κ1) is 12.4. The minimum Gasteiger partial charge on any atom is -0.299 e. The predicted molar refractivity (Wildman–Crippen MR) is 66.8 cm³/mol. The van der Waals surface area contributed by atoms with E-state index in [4.69, 9.17) is 0 Å². The van der Waals surface area contributed by atoms with Gasteiger partial charge in [0, 0.05) is 11.3 Å². The van der Waals surface area contributed by atoms with Gasteiger partial charge in [-0.05, 0) is 26.7 Å². The molecule has 1 heterocycles. The molecule has 0 saturated carbocycles. The Balaban J connectivity index is 2.35. The van der Waals surface area contributed by atoms with Gasteiger partial charge in [-0.1, -0.05) is 33.1 Å². The van der Waals surface area contributed by atoms with Gasteiger partial charge in [0.15, 0.2) is 0 Å². The fourth-order valence-corrected chi connectivity index (χ4v) is 3.94. The van der Waals surface area contributed by atoms with Gasteiger partial charge in [0.05, 0.1) is 4.87 Å². The molecular weight excluding hydrogens is 190 g/mol. The van der Waals surface area contributed by atoms with Crippen molar-refractivity contribution < 1.29 is 0 Å². The third-order valence-corrected chi connectivity index (χ3v) is 4.53. The summed E-state index contributed by atoms with van der Waals surface area (Å²) in [7, 11) is 0. The molecule has 84 valence electrons. The fraction of sp³-hybridized carbons (Fsp3) is 1.00. The van der Waals surface area contributed by atoms with E-state index in [2.05, 4.69) is 44.8 Å². The minimum absolute atomic E-state index is 0.303. The SMILES string of the molecule is CCCCCC1SC(C)(C)NC1CC. The second-order valence-corrected chi connectivity index (χ2v) is 6.68. The molecule has 1 saturated heterocycles. The lowest BCUT2D eigenvalue weighted by Gasteiger charge is -2.17. The molecule has 0 bridgehead atoms. The van der Waals surface area contributed by atoms with E-state index in [1.807, 2.05) is 0 Å². The fourth-order valence-electron chi connectivity index (χ4n) is 2.25. The van der Waals surface area contributed by atoms with Crippen LogP contribution in [0.5, 0.6) is 0 Å². The van der Waals surface area contributed by atoms with Gasteiger partial charge < -0.3 is 0 Å². The van der Waals surface area contributed by atoms with Gasteiger partial charge in [-0.25, -0.2) is 0 Å². The Kier molecular flexibility index (Phi) is 4.78. The lowest BCUT2D eigenvalue weighted by molar-refractivity contribution is 0.437. The Morgan fingerprint density at radius 3 is 2.50 bits per heavy atom. The van der Waals surface area contributed by atoms with Crippen molar-refractivity contribution in [2.24, 2.45) is 0 Å². The molecule has 0 spiro atoms. The van der Waals surface area contributed by atoms with Gasteiger partial charge in [-0.3, -0.25) is 5.32 Å². The molecule has 2 unspecified atom stereocenters. The van der Waals surface area contributed by atoms with Crippen LogP contribution < -0.4 is 5.32 Å². The van der Waals surface area contributed by atoms with Crippen LogP contribution in [-0.4, -0.2) is 16.2 Å². The number of unbranched alkanes of at least 4 members (excludes halogenated alkanes) is 2. The third kappa shape index (κ3) is 3.47. The Bertz CT molecular complexity index is 168. The van der Waals surface area contributed by atoms with Crippen LogP contribution in [0.15, 0.2) is 0 Å². The minimum atomic E-state index is 0.303. The van der Waals surface area contributed by atoms with Crippen molar-refractivity contribution in [1.82, 2.24) is 5.32 Å². The Labute approximate surface area is 93.4 Å². The predicted octanol–water partition coefficient (Wildman–Crippen LogP) is 3.79. The number of nitrogens with one attached hydrogen (secondary N) is 1. The Morgan fingerprint density at radius 2 is 1.93 bits per heavy atom. The van der Waals surface area contributed by atoms with Gasteiger partial charge >= 0.3 is 0 Å². The molecule has 0 aromatic heterocycles. The van der Waals surface area contributed by atoms with Crippen LogP contribution in [0.4, 0.5) is 0 Å². The third-order valence-electron chi connectivity index (χ3n) is 2.96. The topological polar surface area (TPSA) is 12.0 Å². The molecule has 1 N–H and O–H groups in total. The summed E-state index contributed by atoms with van der Waals surface area (Å²) in [5, 5.41) is 4.57. The molecule has 14 heavy (non-hydrogen) atoms. The first-order chi connectivity index (χ1) is 6.59. The van der Waals surface area contributed by atoms with Crippen molar-refractivity contribution in [3.63, 3.8) is 0 Å². The summed E-state index contributed by atoms with van der Waals surface area (Å²) in [5.74, 6) is 0. The lowest BCUT2D eigenvalue weighted by Crippen LogP contribution is -2.37. The highest BCUT2D eigenvalue weighted by molar-refractivity contribution is 8.01. The van der Waals surface area contributed by atoms with E-state index in [-0.39, 0.29) is 0 Å². The van der Waals surface area contributed by atoms with E-state index in [0.717, 1.165) is 11.3 Å². The van der Waals surface area contributed by atoms with E-state index in [0.29, 0.717) is 4.87 Å². The van der Waals surface area contributed by atoms with Crippen LogP contribution in [0.3, 0.4) is 0 Å². The summed E-state index contributed by atoms with van der Waals surface area (Å²) in [4.78, 5) is 0.303. The summed E-state index contributed by atoms with van der Waals surface area (Å²) >= 11 is 2.14. The molecule has 0 aliphatic carbocycles. The molecule has 2 heteroatoms. The monoisotopic (exact) mass is 215 g/mol. The van der Waals surface area contributed by atoms with Crippen LogP contribution in [0.1, 0.15) is 59.8 Å². The van der Waals surface area contributed by atoms with E-state index in [1.165, 1.54) is 32.1 Å². The van der Waals surface area contributed by atoms with Gasteiger partial charge in [0.1, 0.15) is 0 Å². The largest absolute Gasteiger partial charge is 0.299 e. The van der Waals surface area contributed by atoms with Gasteiger partial charge in [0.25, 0.3) is 0 Å². The van der Waals surface area contributed by atoms with E-state index in [9.17, 15) is 0 Å². The Hall–Kier alpha value is 0.310. The number of hydrogen-bond donors (Lipinski definition) is 1. The van der Waals surface area contributed by atoms with E-state index >= 15 is 0 Å². The maximum absolute atomic E-state index is 3.72. The molecule has 1 aliphatic rings. The zero-order valence-corrected chi connectivity index (χ0v) is 10.9. The second-order valence-electron chi connectivity index (χ2n) is 4.82. The molecule has 0 aromatic rings. The van der Waals surface area contributed by atoms with Crippen molar-refractivity contribution in [2.75, 3.05) is 0 Å². The van der Waals surface area contributed by atoms with Crippen molar-refractivity contribution in [3.8, 4) is 0 Å². The smallest absolute Gasteiger partial charge is 0.0594 e. The number of thioether (sulfide) groups is 1. The van der Waals surface area contributed by atoms with Crippen molar-refractivity contribution in [2.45, 2.75) is 76.0 Å². The summed E-state index contributed by atoms with van der Waals surface area (Å²) in [6.07, 6.45) is 6.81. The van der Waals surface area contributed by atoms with E-state index in [1.54, 1.807) is 0 Å². The number of rotatable bonds is 5. The van der Waals surface area contributed by atoms with Crippen LogP contribution in [0.2, 0.25) is 0 Å². The molecule has 1 fully saturated rings. The van der Waals surface area contributed by atoms with Gasteiger partial charge in [0.2, 0.25) is 0 Å². The van der Waals surface area contributed by atoms with Gasteiger partial charge in [-0.15, -0.1) is 11.8 Å². The summed E-state index contributed by atoms with van der Waals surface area (Å²) in [6.45, 7) is 9.19. The van der Waals surface area contributed by atoms with Crippen molar-refractivity contribution in [1.29, 1.82) is 0 Å². The lowest BCUT2D eigenvalue weighted by atomic mass is 10.0. The first-order valence-corrected chi connectivity index (χ1v) is 6.92. The summed E-state index contributed by atoms with van der Waals surface area (Å²) in [6, 6.07) is 0.742. The molecule has 2 atom stereocenters. The second kappa shape index (κ2) is 5.41. The van der Waals surface area contributed by atoms with Crippen LogP contribution >= 0.6 is 11.8 Å². The van der Waals surface area contributed by atoms with Crippen LogP contribution in [-0.2, 0) is 0 Å². The summed E-state index contributed by atoms with van der Waals surface area (Å²) in [5.41, 5.74) is 0. The highest BCUT2D eigenvalue weighted by Crippen LogP contribution is 2.39. The zero-order chi connectivity index (χ0) is 10.6. The van der Waals surface area contributed by atoms with Crippen LogP contribution in [0, 0.1) is 0 Å². The molecular formula is C12H25NS. The average Bonchev–Trinajstić information content (AvgIpc) is 2.41. The molecule has 0 aromatic carbocycles. The first-order valence-electron chi connectivity index (χ1n) is 6.04. The molecule has 1 rings (SSSR count). The van der Waals surface area contributed by atoms with Crippen molar-refractivity contribution in [3.05, 3.63) is 0 Å². The normalized spacial score (nSPS) is 30.9. The maximum Gasteiger partial charge on any atom is 0.0594 e. The average molecular weight is 215 g/mol. The zero-order valence-electron chi connectivity index (χ0n) is 10.1. The molecule has 1 aliphatic heterocycles. The number of hydrogen-bond acceptors (Lipinski definition) is 2. The molecule has 0 radical (unpaired) electrons. The Morgan fingerprint density at radius 1 is 1.21 bits per heavy atom. The summed E-state index contributed by atoms with van der Waals surface area (Å²) < 4.78 is 0. The maximum atomic E-state index is 3.72. The van der Waals surface area contributed by atoms with Crippen molar-refractivity contribution >= 4 is 11.8 Å². The highest BCUT2D eigenvalue weighted by atomic mass is 32.2.